The maximum atomic E-state index is 11.4. The number of aromatic amines is 1. The van der Waals surface area contributed by atoms with Gasteiger partial charge in [-0.2, -0.15) is 0 Å². The van der Waals surface area contributed by atoms with Gasteiger partial charge in [-0.3, -0.25) is 4.79 Å². The van der Waals surface area contributed by atoms with Crippen molar-refractivity contribution in [2.24, 2.45) is 0 Å². The van der Waals surface area contributed by atoms with Crippen LogP contribution in [-0.4, -0.2) is 32.2 Å². The predicted octanol–water partition coefficient (Wildman–Crippen LogP) is -0.00280. The van der Waals surface area contributed by atoms with E-state index in [0.717, 1.165) is 5.56 Å². The summed E-state index contributed by atoms with van der Waals surface area (Å²) >= 11 is 0. The fraction of sp³-hybridized carbons (Fsp3) is 0.444. The van der Waals surface area contributed by atoms with Crippen molar-refractivity contribution < 1.29 is 17.9 Å². The van der Waals surface area contributed by atoms with Gasteiger partial charge in [0.05, 0.1) is 19.3 Å². The Morgan fingerprint density at radius 1 is 1.56 bits per heavy atom. The van der Waals surface area contributed by atoms with Crippen molar-refractivity contribution in [2.45, 2.75) is 13.0 Å². The molecular formula is C9H14N2O4S. The average molecular weight is 246 g/mol. The molecule has 0 aliphatic heterocycles. The monoisotopic (exact) mass is 246 g/mol. The highest BCUT2D eigenvalue weighted by molar-refractivity contribution is 7.89. The van der Waals surface area contributed by atoms with Crippen molar-refractivity contribution in [2.75, 3.05) is 12.9 Å². The van der Waals surface area contributed by atoms with Crippen LogP contribution in [0.15, 0.2) is 18.5 Å². The van der Waals surface area contributed by atoms with Crippen molar-refractivity contribution in [1.82, 2.24) is 9.71 Å². The van der Waals surface area contributed by atoms with E-state index < -0.39 is 16.0 Å². The number of nitrogens with one attached hydrogen (secondary N) is 2. The van der Waals surface area contributed by atoms with Crippen LogP contribution < -0.4 is 4.72 Å². The van der Waals surface area contributed by atoms with Gasteiger partial charge in [-0.25, -0.2) is 13.1 Å². The maximum absolute atomic E-state index is 11.4. The minimum Gasteiger partial charge on any atom is -0.469 e. The van der Waals surface area contributed by atoms with Crippen LogP contribution in [-0.2, 0) is 26.1 Å². The molecule has 1 aromatic rings. The minimum absolute atomic E-state index is 0.140. The van der Waals surface area contributed by atoms with E-state index in [-0.39, 0.29) is 18.7 Å². The van der Waals surface area contributed by atoms with Crippen LogP contribution in [0.3, 0.4) is 0 Å². The molecule has 90 valence electrons. The molecule has 0 saturated heterocycles. The Hall–Kier alpha value is -1.34. The first kappa shape index (κ1) is 12.7. The van der Waals surface area contributed by atoms with E-state index in [0.29, 0.717) is 0 Å². The maximum Gasteiger partial charge on any atom is 0.306 e. The molecule has 0 amide bonds. The molecule has 0 aromatic carbocycles. The lowest BCUT2D eigenvalue weighted by molar-refractivity contribution is -0.140. The third-order valence-electron chi connectivity index (χ3n) is 1.96. The highest BCUT2D eigenvalue weighted by Gasteiger charge is 2.13. The summed E-state index contributed by atoms with van der Waals surface area (Å²) in [5, 5.41) is 0. The van der Waals surface area contributed by atoms with E-state index in [1.807, 2.05) is 0 Å². The fourth-order valence-corrected chi connectivity index (χ4v) is 2.02. The predicted molar refractivity (Wildman–Crippen MR) is 58.1 cm³/mol. The van der Waals surface area contributed by atoms with E-state index in [1.165, 1.54) is 7.11 Å². The SMILES string of the molecule is COC(=O)CCS(=O)(=O)NCc1cc[nH]c1. The quantitative estimate of drug-likeness (QED) is 0.691. The van der Waals surface area contributed by atoms with Crippen molar-refractivity contribution in [3.63, 3.8) is 0 Å². The first-order valence-corrected chi connectivity index (χ1v) is 6.34. The Labute approximate surface area is 94.1 Å². The van der Waals surface area contributed by atoms with Gasteiger partial charge in [0, 0.05) is 18.9 Å². The third kappa shape index (κ3) is 4.45. The van der Waals surface area contributed by atoms with Crippen LogP contribution in [0.4, 0.5) is 0 Å². The van der Waals surface area contributed by atoms with E-state index in [9.17, 15) is 13.2 Å². The number of H-pyrrole nitrogens is 1. The molecular weight excluding hydrogens is 232 g/mol. The number of hydrogen-bond acceptors (Lipinski definition) is 4. The van der Waals surface area contributed by atoms with Crippen LogP contribution in [0.1, 0.15) is 12.0 Å². The normalized spacial score (nSPS) is 11.3. The van der Waals surface area contributed by atoms with Gasteiger partial charge in [0.2, 0.25) is 10.0 Å². The van der Waals surface area contributed by atoms with Crippen LogP contribution >= 0.6 is 0 Å². The second kappa shape index (κ2) is 5.66. The highest BCUT2D eigenvalue weighted by atomic mass is 32.2. The zero-order chi connectivity index (χ0) is 12.0. The lowest BCUT2D eigenvalue weighted by Gasteiger charge is -2.04. The number of methoxy groups -OCH3 is 1. The Morgan fingerprint density at radius 3 is 2.88 bits per heavy atom. The number of ether oxygens (including phenoxy) is 1. The first-order chi connectivity index (χ1) is 7.53. The molecule has 0 radical (unpaired) electrons. The molecule has 0 aliphatic rings. The van der Waals surface area contributed by atoms with E-state index in [1.54, 1.807) is 18.5 Å². The van der Waals surface area contributed by atoms with Crippen LogP contribution in [0.25, 0.3) is 0 Å². The molecule has 2 N–H and O–H groups in total. The number of aromatic nitrogens is 1. The van der Waals surface area contributed by atoms with Gasteiger partial charge >= 0.3 is 5.97 Å². The molecule has 0 atom stereocenters. The molecule has 0 saturated carbocycles. The Kier molecular flexibility index (Phi) is 4.51. The average Bonchev–Trinajstić information content (AvgIpc) is 2.76. The number of carbonyl (C=O) groups excluding carboxylic acids is 1. The summed E-state index contributed by atoms with van der Waals surface area (Å²) in [5.74, 6) is -0.795. The lowest BCUT2D eigenvalue weighted by atomic mass is 10.4. The summed E-state index contributed by atoms with van der Waals surface area (Å²) in [6, 6.07) is 1.77. The van der Waals surface area contributed by atoms with Gasteiger partial charge in [0.25, 0.3) is 0 Å². The molecule has 0 fully saturated rings. The molecule has 0 bridgehead atoms. The molecule has 1 aromatic heterocycles. The first-order valence-electron chi connectivity index (χ1n) is 4.69. The van der Waals surface area contributed by atoms with Gasteiger partial charge < -0.3 is 9.72 Å². The number of esters is 1. The van der Waals surface area contributed by atoms with Gasteiger partial charge in [0.1, 0.15) is 0 Å². The summed E-state index contributed by atoms with van der Waals surface area (Å²) < 4.78 is 29.6. The zero-order valence-electron chi connectivity index (χ0n) is 8.89. The van der Waals surface area contributed by atoms with Crippen LogP contribution in [0.2, 0.25) is 0 Å². The number of hydrogen-bond donors (Lipinski definition) is 2. The molecule has 0 unspecified atom stereocenters. The summed E-state index contributed by atoms with van der Waals surface area (Å²) in [6.45, 7) is 0.215. The summed E-state index contributed by atoms with van der Waals surface area (Å²) in [6.07, 6.45) is 3.26. The fourth-order valence-electron chi connectivity index (χ4n) is 1.05. The Morgan fingerprint density at radius 2 is 2.31 bits per heavy atom. The molecule has 1 heterocycles. The highest BCUT2D eigenvalue weighted by Crippen LogP contribution is 1.98. The topological polar surface area (TPSA) is 88.3 Å². The molecule has 1 rings (SSSR count). The van der Waals surface area contributed by atoms with E-state index >= 15 is 0 Å². The van der Waals surface area contributed by atoms with Crippen molar-refractivity contribution in [3.05, 3.63) is 24.0 Å². The Balaban J connectivity index is 2.37. The van der Waals surface area contributed by atoms with Crippen LogP contribution in [0, 0.1) is 0 Å². The standard InChI is InChI=1S/C9H14N2O4S/c1-15-9(12)3-5-16(13,14)11-7-8-2-4-10-6-8/h2,4,6,10-11H,3,5,7H2,1H3. The van der Waals surface area contributed by atoms with Crippen molar-refractivity contribution in [1.29, 1.82) is 0 Å². The molecule has 0 spiro atoms. The lowest BCUT2D eigenvalue weighted by Crippen LogP contribution is -2.27. The Bertz CT molecular complexity index is 424. The third-order valence-corrected chi connectivity index (χ3v) is 3.29. The van der Waals surface area contributed by atoms with Gasteiger partial charge in [-0.1, -0.05) is 0 Å². The van der Waals surface area contributed by atoms with Crippen molar-refractivity contribution in [3.8, 4) is 0 Å². The van der Waals surface area contributed by atoms with Gasteiger partial charge in [0.15, 0.2) is 0 Å². The van der Waals surface area contributed by atoms with Gasteiger partial charge in [-0.15, -0.1) is 0 Å². The van der Waals surface area contributed by atoms with E-state index in [4.69, 9.17) is 0 Å². The van der Waals surface area contributed by atoms with Gasteiger partial charge in [-0.05, 0) is 11.6 Å². The molecule has 0 aliphatic carbocycles. The zero-order valence-corrected chi connectivity index (χ0v) is 9.71. The number of rotatable bonds is 6. The second-order valence-corrected chi connectivity index (χ2v) is 5.11. The summed E-state index contributed by atoms with van der Waals surface area (Å²) in [7, 11) is -2.20. The second-order valence-electron chi connectivity index (χ2n) is 3.19. The van der Waals surface area contributed by atoms with Crippen LogP contribution in [0.5, 0.6) is 0 Å². The molecule has 7 heteroatoms. The van der Waals surface area contributed by atoms with Crippen molar-refractivity contribution >= 4 is 16.0 Å². The van der Waals surface area contributed by atoms with E-state index in [2.05, 4.69) is 14.4 Å². The summed E-state index contributed by atoms with van der Waals surface area (Å²) in [5.41, 5.74) is 0.835. The minimum atomic E-state index is -3.43. The molecule has 16 heavy (non-hydrogen) atoms. The molecule has 6 nitrogen and oxygen atoms in total. The smallest absolute Gasteiger partial charge is 0.306 e. The number of carbonyl (C=O) groups is 1. The largest absolute Gasteiger partial charge is 0.469 e. The summed E-state index contributed by atoms with van der Waals surface area (Å²) in [4.78, 5) is 13.6. The number of sulfonamides is 1.